The summed E-state index contributed by atoms with van der Waals surface area (Å²) in [6.07, 6.45) is 3.94. The first-order valence-corrected chi connectivity index (χ1v) is 7.45. The Balaban J connectivity index is 2.20. The van der Waals surface area contributed by atoms with Gasteiger partial charge in [-0.15, -0.1) is 0 Å². The third-order valence-corrected chi connectivity index (χ3v) is 3.59. The number of rotatable bonds is 6. The van der Waals surface area contributed by atoms with Gasteiger partial charge in [0.1, 0.15) is 0 Å². The number of likely N-dealkylation sites (N-methyl/N-ethyl adjacent to an activating group) is 1. The molecule has 2 rings (SSSR count). The normalized spacial score (nSPS) is 17.7. The Morgan fingerprint density at radius 1 is 1.57 bits per heavy atom. The first-order chi connectivity index (χ1) is 10.2. The van der Waals surface area contributed by atoms with Gasteiger partial charge in [0, 0.05) is 25.9 Å². The second-order valence-electron chi connectivity index (χ2n) is 4.99. The van der Waals surface area contributed by atoms with Crippen molar-refractivity contribution in [2.75, 3.05) is 36.9 Å². The zero-order chi connectivity index (χ0) is 15.2. The van der Waals surface area contributed by atoms with Crippen molar-refractivity contribution in [3.63, 3.8) is 0 Å². The molecule has 0 amide bonds. The molecule has 1 unspecified atom stereocenters. The first-order valence-electron chi connectivity index (χ1n) is 7.45. The van der Waals surface area contributed by atoms with Gasteiger partial charge in [-0.2, -0.15) is 0 Å². The van der Waals surface area contributed by atoms with Gasteiger partial charge in [0.05, 0.1) is 24.0 Å². The largest absolute Gasteiger partial charge is 0.462 e. The third-order valence-electron chi connectivity index (χ3n) is 3.59. The predicted octanol–water partition coefficient (Wildman–Crippen LogP) is 1.85. The molecule has 1 aliphatic rings. The highest BCUT2D eigenvalue weighted by atomic mass is 16.5. The Hall–Kier alpha value is -1.82. The van der Waals surface area contributed by atoms with Crippen LogP contribution in [-0.4, -0.2) is 43.4 Å². The Bertz CT molecular complexity index is 487. The zero-order valence-electron chi connectivity index (χ0n) is 12.7. The number of anilines is 2. The number of ether oxygens (including phenoxy) is 2. The Morgan fingerprint density at radius 3 is 3.00 bits per heavy atom. The second-order valence-corrected chi connectivity index (χ2v) is 4.99. The average Bonchev–Trinajstić information content (AvgIpc) is 2.98. The van der Waals surface area contributed by atoms with Crippen molar-refractivity contribution >= 4 is 17.5 Å². The van der Waals surface area contributed by atoms with Gasteiger partial charge in [-0.1, -0.05) is 0 Å². The molecule has 0 bridgehead atoms. The van der Waals surface area contributed by atoms with Crippen molar-refractivity contribution in [2.45, 2.75) is 32.8 Å². The topological polar surface area (TPSA) is 77.7 Å². The van der Waals surface area contributed by atoms with Crippen LogP contribution < -0.4 is 10.6 Å². The summed E-state index contributed by atoms with van der Waals surface area (Å²) in [6, 6.07) is 1.59. The Labute approximate surface area is 125 Å². The fourth-order valence-corrected chi connectivity index (χ4v) is 2.50. The summed E-state index contributed by atoms with van der Waals surface area (Å²) in [5.41, 5.74) is 6.86. The minimum Gasteiger partial charge on any atom is -0.462 e. The van der Waals surface area contributed by atoms with Crippen molar-refractivity contribution in [3.8, 4) is 0 Å². The van der Waals surface area contributed by atoms with Crippen LogP contribution in [0.2, 0.25) is 0 Å². The van der Waals surface area contributed by atoms with E-state index in [1.54, 1.807) is 19.2 Å². The third kappa shape index (κ3) is 3.64. The van der Waals surface area contributed by atoms with E-state index in [1.165, 1.54) is 0 Å². The number of nitrogens with zero attached hydrogens (tertiary/aromatic N) is 2. The van der Waals surface area contributed by atoms with Crippen LogP contribution in [0.15, 0.2) is 12.3 Å². The molecule has 6 nitrogen and oxygen atoms in total. The minimum absolute atomic E-state index is 0.206. The van der Waals surface area contributed by atoms with Crippen LogP contribution in [-0.2, 0) is 9.47 Å². The van der Waals surface area contributed by atoms with E-state index in [4.69, 9.17) is 15.2 Å². The molecule has 1 saturated heterocycles. The second kappa shape index (κ2) is 7.26. The molecule has 1 aromatic rings. The van der Waals surface area contributed by atoms with E-state index in [9.17, 15) is 4.79 Å². The lowest BCUT2D eigenvalue weighted by Crippen LogP contribution is -2.33. The lowest BCUT2D eigenvalue weighted by atomic mass is 10.2. The van der Waals surface area contributed by atoms with Crippen molar-refractivity contribution in [1.29, 1.82) is 0 Å². The number of esters is 1. The number of aromatic nitrogens is 1. The highest BCUT2D eigenvalue weighted by molar-refractivity contribution is 5.97. The maximum Gasteiger partial charge on any atom is 0.340 e. The zero-order valence-corrected chi connectivity index (χ0v) is 12.7. The lowest BCUT2D eigenvalue weighted by Gasteiger charge is -2.26. The van der Waals surface area contributed by atoms with E-state index < -0.39 is 5.97 Å². The molecule has 0 saturated carbocycles. The summed E-state index contributed by atoms with van der Waals surface area (Å²) < 4.78 is 10.7. The highest BCUT2D eigenvalue weighted by Gasteiger charge is 2.22. The molecule has 1 fully saturated rings. The summed E-state index contributed by atoms with van der Waals surface area (Å²) in [4.78, 5) is 18.3. The van der Waals surface area contributed by atoms with Crippen molar-refractivity contribution in [3.05, 3.63) is 17.8 Å². The molecule has 6 heteroatoms. The van der Waals surface area contributed by atoms with Gasteiger partial charge in [-0.3, -0.25) is 0 Å². The van der Waals surface area contributed by atoms with E-state index in [0.29, 0.717) is 23.7 Å². The molecule has 1 aliphatic heterocycles. The van der Waals surface area contributed by atoms with Gasteiger partial charge in [0.25, 0.3) is 0 Å². The molecule has 1 aromatic heterocycles. The standard InChI is InChI=1S/C15H23N3O3/c1-3-18(10-11-6-5-9-21-11)14-13(16)12(7-8-17-14)15(19)20-4-2/h7-8,11H,3-6,9-10,16H2,1-2H3. The average molecular weight is 293 g/mol. The minimum atomic E-state index is -0.410. The maximum absolute atomic E-state index is 11.9. The molecule has 0 spiro atoms. The molecule has 116 valence electrons. The fourth-order valence-electron chi connectivity index (χ4n) is 2.50. The summed E-state index contributed by atoms with van der Waals surface area (Å²) in [5, 5.41) is 0. The van der Waals surface area contributed by atoms with Gasteiger partial charge in [0.2, 0.25) is 0 Å². The first kappa shape index (κ1) is 15.6. The van der Waals surface area contributed by atoms with Crippen molar-refractivity contribution in [1.82, 2.24) is 4.98 Å². The van der Waals surface area contributed by atoms with E-state index in [0.717, 1.165) is 32.5 Å². The van der Waals surface area contributed by atoms with Gasteiger partial charge < -0.3 is 20.1 Å². The van der Waals surface area contributed by atoms with Crippen LogP contribution in [0.3, 0.4) is 0 Å². The van der Waals surface area contributed by atoms with E-state index in [1.807, 2.05) is 11.8 Å². The van der Waals surface area contributed by atoms with Crippen LogP contribution in [0.25, 0.3) is 0 Å². The molecule has 0 aliphatic carbocycles. The van der Waals surface area contributed by atoms with Gasteiger partial charge in [-0.05, 0) is 32.8 Å². The summed E-state index contributed by atoms with van der Waals surface area (Å²) in [6.45, 7) is 6.43. The quantitative estimate of drug-likeness (QED) is 0.806. The molecule has 1 atom stereocenters. The highest BCUT2D eigenvalue weighted by Crippen LogP contribution is 2.26. The lowest BCUT2D eigenvalue weighted by molar-refractivity contribution is 0.0527. The Kier molecular flexibility index (Phi) is 5.38. The number of carbonyl (C=O) groups is 1. The van der Waals surface area contributed by atoms with Crippen molar-refractivity contribution in [2.24, 2.45) is 0 Å². The van der Waals surface area contributed by atoms with Crippen LogP contribution in [0.1, 0.15) is 37.0 Å². The van der Waals surface area contributed by atoms with Gasteiger partial charge in [-0.25, -0.2) is 9.78 Å². The van der Waals surface area contributed by atoms with Crippen LogP contribution in [0.5, 0.6) is 0 Å². The van der Waals surface area contributed by atoms with E-state index in [-0.39, 0.29) is 6.10 Å². The fraction of sp³-hybridized carbons (Fsp3) is 0.600. The van der Waals surface area contributed by atoms with Gasteiger partial charge in [0.15, 0.2) is 5.82 Å². The smallest absolute Gasteiger partial charge is 0.340 e. The molecule has 2 heterocycles. The monoisotopic (exact) mass is 293 g/mol. The molecule has 0 aromatic carbocycles. The number of nitrogens with two attached hydrogens (primary N) is 1. The van der Waals surface area contributed by atoms with E-state index >= 15 is 0 Å². The number of hydrogen-bond acceptors (Lipinski definition) is 6. The van der Waals surface area contributed by atoms with Crippen LogP contribution >= 0.6 is 0 Å². The molecule has 21 heavy (non-hydrogen) atoms. The Morgan fingerprint density at radius 2 is 2.38 bits per heavy atom. The van der Waals surface area contributed by atoms with Gasteiger partial charge >= 0.3 is 5.97 Å². The summed E-state index contributed by atoms with van der Waals surface area (Å²) in [7, 11) is 0. The van der Waals surface area contributed by atoms with Crippen LogP contribution in [0, 0.1) is 0 Å². The van der Waals surface area contributed by atoms with Crippen molar-refractivity contribution < 1.29 is 14.3 Å². The number of hydrogen-bond donors (Lipinski definition) is 1. The predicted molar refractivity (Wildman–Crippen MR) is 81.5 cm³/mol. The molecular weight excluding hydrogens is 270 g/mol. The summed E-state index contributed by atoms with van der Waals surface area (Å²) in [5.74, 6) is 0.213. The van der Waals surface area contributed by atoms with Crippen LogP contribution in [0.4, 0.5) is 11.5 Å². The summed E-state index contributed by atoms with van der Waals surface area (Å²) >= 11 is 0. The molecule has 2 N–H and O–H groups in total. The number of nitrogen functional groups attached to an aromatic ring is 1. The molecule has 0 radical (unpaired) electrons. The number of pyridine rings is 1. The number of carbonyl (C=O) groups excluding carboxylic acids is 1. The SMILES string of the molecule is CCOC(=O)c1ccnc(N(CC)CC2CCCO2)c1N. The van der Waals surface area contributed by atoms with E-state index in [2.05, 4.69) is 4.98 Å². The molecular formula is C15H23N3O3. The maximum atomic E-state index is 11.9.